The first-order valence-corrected chi connectivity index (χ1v) is 12.8. The van der Waals surface area contributed by atoms with Crippen molar-refractivity contribution in [1.29, 1.82) is 0 Å². The molecule has 1 aromatic carbocycles. The van der Waals surface area contributed by atoms with E-state index in [4.69, 9.17) is 4.74 Å². The molecule has 0 radical (unpaired) electrons. The minimum Gasteiger partial charge on any atom is -0.389 e. The largest absolute Gasteiger partial charge is 0.389 e. The molecule has 0 amide bonds. The van der Waals surface area contributed by atoms with Crippen LogP contribution < -0.4 is 0 Å². The van der Waals surface area contributed by atoms with E-state index in [1.165, 1.54) is 12.0 Å². The van der Waals surface area contributed by atoms with E-state index < -0.39 is 12.2 Å². The molecule has 32 heavy (non-hydrogen) atoms. The van der Waals surface area contributed by atoms with Gasteiger partial charge in [-0.2, -0.15) is 0 Å². The lowest BCUT2D eigenvalue weighted by molar-refractivity contribution is -0.212. The molecular formula is C28H40O4. The third-order valence-electron chi connectivity index (χ3n) is 10.7. The second-order valence-electron chi connectivity index (χ2n) is 11.8. The number of hydrogen-bond acceptors (Lipinski definition) is 4. The van der Waals surface area contributed by atoms with Gasteiger partial charge in [-0.1, -0.05) is 44.2 Å². The van der Waals surface area contributed by atoms with Gasteiger partial charge in [-0.25, -0.2) is 0 Å². The molecule has 0 aliphatic heterocycles. The molecule has 5 rings (SSSR count). The van der Waals surface area contributed by atoms with Crippen molar-refractivity contribution in [2.24, 2.45) is 34.5 Å². The molecule has 0 heterocycles. The Morgan fingerprint density at radius 1 is 1.00 bits per heavy atom. The first-order chi connectivity index (χ1) is 15.3. The van der Waals surface area contributed by atoms with Gasteiger partial charge < -0.3 is 14.9 Å². The average molecular weight is 441 g/mol. The van der Waals surface area contributed by atoms with Crippen LogP contribution in [0.2, 0.25) is 0 Å². The van der Waals surface area contributed by atoms with E-state index in [1.807, 2.05) is 6.07 Å². The summed E-state index contributed by atoms with van der Waals surface area (Å²) in [7, 11) is 0. The Hall–Kier alpha value is -1.23. The van der Waals surface area contributed by atoms with Gasteiger partial charge in [0.2, 0.25) is 0 Å². The lowest BCUT2D eigenvalue weighted by Crippen LogP contribution is -2.62. The number of aliphatic hydroxyl groups excluding tert-OH is 1. The molecular weight excluding hydrogens is 400 g/mol. The van der Waals surface area contributed by atoms with E-state index in [2.05, 4.69) is 38.1 Å². The quantitative estimate of drug-likeness (QED) is 0.683. The molecule has 0 spiro atoms. The van der Waals surface area contributed by atoms with Crippen LogP contribution in [-0.2, 0) is 16.1 Å². The third-order valence-corrected chi connectivity index (χ3v) is 10.7. The molecule has 4 saturated carbocycles. The number of carbonyl (C=O) groups is 1. The van der Waals surface area contributed by atoms with Gasteiger partial charge in [0.1, 0.15) is 6.61 Å². The van der Waals surface area contributed by atoms with E-state index >= 15 is 0 Å². The molecule has 4 aliphatic rings. The number of rotatable bonds is 5. The van der Waals surface area contributed by atoms with Gasteiger partial charge in [0.05, 0.1) is 18.3 Å². The molecule has 8 atom stereocenters. The monoisotopic (exact) mass is 440 g/mol. The summed E-state index contributed by atoms with van der Waals surface area (Å²) in [5.41, 5.74) is 0.352. The highest BCUT2D eigenvalue weighted by Gasteiger charge is 2.68. The maximum Gasteiger partial charge on any atom is 0.161 e. The lowest BCUT2D eigenvalue weighted by atomic mass is 9.43. The molecule has 2 N–H and O–H groups in total. The van der Waals surface area contributed by atoms with Crippen LogP contribution in [0.15, 0.2) is 30.3 Å². The SMILES string of the molecule is C[C@]12CC[C@H](OCc3ccccc3)C[C@H]1CC[C@@H]1[C@@H]2CC[C@]2(C)[C@@H](C(=O)CO)CC[C@]12O. The maximum absolute atomic E-state index is 12.5. The van der Waals surface area contributed by atoms with Gasteiger partial charge in [0.25, 0.3) is 0 Å². The zero-order chi connectivity index (χ0) is 22.6. The van der Waals surface area contributed by atoms with Crippen molar-refractivity contribution in [2.75, 3.05) is 6.61 Å². The molecule has 176 valence electrons. The van der Waals surface area contributed by atoms with Crippen LogP contribution in [0.3, 0.4) is 0 Å². The Labute approximate surface area is 192 Å². The minimum atomic E-state index is -0.764. The topological polar surface area (TPSA) is 66.8 Å². The second kappa shape index (κ2) is 8.21. The maximum atomic E-state index is 12.5. The number of ketones is 1. The molecule has 0 saturated heterocycles. The van der Waals surface area contributed by atoms with E-state index in [9.17, 15) is 15.0 Å². The average Bonchev–Trinajstić information content (AvgIpc) is 3.09. The molecule has 0 bridgehead atoms. The van der Waals surface area contributed by atoms with Crippen molar-refractivity contribution in [3.63, 3.8) is 0 Å². The number of hydrogen-bond donors (Lipinski definition) is 2. The van der Waals surface area contributed by atoms with Gasteiger partial charge in [-0.15, -0.1) is 0 Å². The van der Waals surface area contributed by atoms with Crippen LogP contribution in [0.25, 0.3) is 0 Å². The lowest BCUT2D eigenvalue weighted by Gasteiger charge is -2.63. The molecule has 4 aliphatic carbocycles. The molecule has 4 heteroatoms. The standard InChI is InChI=1S/C28H40O4/c1-26-13-10-21(32-18-19-6-4-3-5-7-19)16-20(26)8-9-23-22(26)11-14-27(2)24(25(30)17-29)12-15-28(23,27)31/h3-7,20-24,29,31H,8-18H2,1-2H3/t20-,21+,22+,23-,24-,26+,27-,28+/m1/s1. The van der Waals surface area contributed by atoms with Crippen molar-refractivity contribution < 1.29 is 19.7 Å². The van der Waals surface area contributed by atoms with Crippen LogP contribution in [0.5, 0.6) is 0 Å². The smallest absolute Gasteiger partial charge is 0.161 e. The van der Waals surface area contributed by atoms with Crippen molar-refractivity contribution in [2.45, 2.75) is 89.9 Å². The van der Waals surface area contributed by atoms with E-state index in [1.54, 1.807) is 0 Å². The highest BCUT2D eigenvalue weighted by atomic mass is 16.5. The number of carbonyl (C=O) groups excluding carboxylic acids is 1. The van der Waals surface area contributed by atoms with Crippen LogP contribution >= 0.6 is 0 Å². The summed E-state index contributed by atoms with van der Waals surface area (Å²) in [5, 5.41) is 21.6. The number of fused-ring (bicyclic) bond motifs is 5. The fourth-order valence-corrected chi connectivity index (χ4v) is 8.75. The molecule has 0 aromatic heterocycles. The summed E-state index contributed by atoms with van der Waals surface area (Å²) in [4.78, 5) is 12.5. The first-order valence-electron chi connectivity index (χ1n) is 12.8. The highest BCUT2D eigenvalue weighted by Crippen LogP contribution is 2.69. The summed E-state index contributed by atoms with van der Waals surface area (Å²) in [6.45, 7) is 4.92. The summed E-state index contributed by atoms with van der Waals surface area (Å²) in [5.74, 6) is 1.20. The van der Waals surface area contributed by atoms with Gasteiger partial charge in [-0.05, 0) is 86.5 Å². The predicted molar refractivity (Wildman–Crippen MR) is 124 cm³/mol. The summed E-state index contributed by atoms with van der Waals surface area (Å²) in [6, 6.07) is 10.5. The van der Waals surface area contributed by atoms with Crippen LogP contribution in [0.4, 0.5) is 0 Å². The van der Waals surface area contributed by atoms with Crippen LogP contribution in [0.1, 0.15) is 77.2 Å². The summed E-state index contributed by atoms with van der Waals surface area (Å²) < 4.78 is 6.35. The Bertz CT molecular complexity index is 839. The molecule has 1 aromatic rings. The van der Waals surface area contributed by atoms with Gasteiger partial charge in [0.15, 0.2) is 5.78 Å². The van der Waals surface area contributed by atoms with Crippen molar-refractivity contribution in [1.82, 2.24) is 0 Å². The Morgan fingerprint density at radius 3 is 2.53 bits per heavy atom. The molecule has 4 fully saturated rings. The fraction of sp³-hybridized carbons (Fsp3) is 0.750. The Kier molecular flexibility index (Phi) is 5.79. The Balaban J connectivity index is 1.30. The van der Waals surface area contributed by atoms with Crippen molar-refractivity contribution in [3.05, 3.63) is 35.9 Å². The minimum absolute atomic E-state index is 0.0714. The third kappa shape index (κ3) is 3.32. The van der Waals surface area contributed by atoms with Crippen molar-refractivity contribution in [3.8, 4) is 0 Å². The van der Waals surface area contributed by atoms with E-state index in [-0.39, 0.29) is 28.4 Å². The first kappa shape index (κ1) is 22.6. The van der Waals surface area contributed by atoms with Gasteiger partial charge >= 0.3 is 0 Å². The zero-order valence-electron chi connectivity index (χ0n) is 19.8. The fourth-order valence-electron chi connectivity index (χ4n) is 8.75. The molecule has 4 nitrogen and oxygen atoms in total. The van der Waals surface area contributed by atoms with Crippen molar-refractivity contribution >= 4 is 5.78 Å². The van der Waals surface area contributed by atoms with Crippen LogP contribution in [0, 0.1) is 34.5 Å². The number of Topliss-reactive ketones (excluding diaryl/α,β-unsaturated/α-hetero) is 1. The summed E-state index contributed by atoms with van der Waals surface area (Å²) in [6.07, 6.45) is 9.39. The number of benzene rings is 1. The number of ether oxygens (including phenoxy) is 1. The summed E-state index contributed by atoms with van der Waals surface area (Å²) >= 11 is 0. The molecule has 0 unspecified atom stereocenters. The van der Waals surface area contributed by atoms with E-state index in [0.29, 0.717) is 31.0 Å². The predicted octanol–water partition coefficient (Wildman–Crippen LogP) is 4.91. The zero-order valence-corrected chi connectivity index (χ0v) is 19.8. The Morgan fingerprint density at radius 2 is 1.78 bits per heavy atom. The normalized spacial score (nSPS) is 45.6. The van der Waals surface area contributed by atoms with E-state index in [0.717, 1.165) is 44.9 Å². The second-order valence-corrected chi connectivity index (χ2v) is 11.8. The van der Waals surface area contributed by atoms with Gasteiger partial charge in [-0.3, -0.25) is 4.79 Å². The van der Waals surface area contributed by atoms with Gasteiger partial charge in [0, 0.05) is 11.3 Å². The highest BCUT2D eigenvalue weighted by molar-refractivity contribution is 5.83. The number of aliphatic hydroxyl groups is 2. The van der Waals surface area contributed by atoms with Crippen LogP contribution in [-0.4, -0.2) is 34.3 Å².